The lowest BCUT2D eigenvalue weighted by Gasteiger charge is -2.28. The summed E-state index contributed by atoms with van der Waals surface area (Å²) in [6.45, 7) is 1.93. The van der Waals surface area contributed by atoms with Gasteiger partial charge in [0.2, 0.25) is 0 Å². The van der Waals surface area contributed by atoms with Crippen LogP contribution in [0, 0.1) is 0 Å². The summed E-state index contributed by atoms with van der Waals surface area (Å²) < 4.78 is 0. The van der Waals surface area contributed by atoms with Crippen LogP contribution in [0.2, 0.25) is 0 Å². The van der Waals surface area contributed by atoms with Gasteiger partial charge in [-0.3, -0.25) is 0 Å². The van der Waals surface area contributed by atoms with Crippen molar-refractivity contribution in [1.29, 1.82) is 0 Å². The lowest BCUT2D eigenvalue weighted by Crippen LogP contribution is -2.43. The van der Waals surface area contributed by atoms with Crippen molar-refractivity contribution in [2.75, 3.05) is 0 Å². The Labute approximate surface area is 114 Å². The average Bonchev–Trinajstić information content (AvgIpc) is 2.84. The summed E-state index contributed by atoms with van der Waals surface area (Å²) in [5, 5.41) is 4.50. The second kappa shape index (κ2) is 5.27. The first-order chi connectivity index (χ1) is 8.83. The highest BCUT2D eigenvalue weighted by molar-refractivity contribution is 7.80. The number of hydrogen-bond acceptors (Lipinski definition) is 1. The lowest BCUT2D eigenvalue weighted by molar-refractivity contribution is 0.379. The Morgan fingerprint density at radius 3 is 2.28 bits per heavy atom. The summed E-state index contributed by atoms with van der Waals surface area (Å²) in [7, 11) is 0. The van der Waals surface area contributed by atoms with Crippen molar-refractivity contribution in [2.24, 2.45) is 0 Å². The molecule has 1 fully saturated rings. The third kappa shape index (κ3) is 2.51. The third-order valence-corrected chi connectivity index (χ3v) is 4.44. The molecule has 0 amide bonds. The molecule has 3 heteroatoms. The van der Waals surface area contributed by atoms with E-state index in [1.54, 1.807) is 0 Å². The number of fused-ring (bicyclic) bond motifs is 1. The molecule has 3 rings (SSSR count). The van der Waals surface area contributed by atoms with Gasteiger partial charge in [0.05, 0.1) is 0 Å². The van der Waals surface area contributed by atoms with Crippen molar-refractivity contribution in [3.63, 3.8) is 0 Å². The van der Waals surface area contributed by atoms with Gasteiger partial charge < -0.3 is 10.2 Å². The Balaban J connectivity index is 1.58. The molecule has 0 spiro atoms. The van der Waals surface area contributed by atoms with Crippen LogP contribution in [0.5, 0.6) is 0 Å². The minimum Gasteiger partial charge on any atom is -0.360 e. The molecule has 1 aromatic rings. The Bertz CT molecular complexity index is 413. The number of nitrogens with one attached hydrogen (secondary N) is 1. The quantitative estimate of drug-likeness (QED) is 0.781. The van der Waals surface area contributed by atoms with Crippen molar-refractivity contribution in [2.45, 2.75) is 51.2 Å². The van der Waals surface area contributed by atoms with Crippen LogP contribution in [-0.2, 0) is 13.1 Å². The highest BCUT2D eigenvalue weighted by atomic mass is 32.1. The van der Waals surface area contributed by atoms with Gasteiger partial charge in [-0.15, -0.1) is 0 Å². The van der Waals surface area contributed by atoms with E-state index in [0.29, 0.717) is 6.04 Å². The molecular weight excluding hydrogens is 240 g/mol. The van der Waals surface area contributed by atoms with E-state index in [-0.39, 0.29) is 0 Å². The summed E-state index contributed by atoms with van der Waals surface area (Å²) in [5.74, 6) is 0. The molecule has 0 aromatic heterocycles. The van der Waals surface area contributed by atoms with Gasteiger partial charge in [0.15, 0.2) is 5.11 Å². The zero-order valence-electron chi connectivity index (χ0n) is 10.7. The van der Waals surface area contributed by atoms with E-state index in [1.165, 1.54) is 43.2 Å². The molecule has 1 heterocycles. The molecule has 1 aliphatic heterocycles. The van der Waals surface area contributed by atoms with Gasteiger partial charge >= 0.3 is 0 Å². The molecule has 1 saturated carbocycles. The van der Waals surface area contributed by atoms with E-state index in [9.17, 15) is 0 Å². The Kier molecular flexibility index (Phi) is 3.50. The summed E-state index contributed by atoms with van der Waals surface area (Å²) >= 11 is 5.56. The van der Waals surface area contributed by atoms with Crippen LogP contribution in [0.25, 0.3) is 0 Å². The van der Waals surface area contributed by atoms with Crippen molar-refractivity contribution in [3.8, 4) is 0 Å². The normalized spacial score (nSPS) is 19.7. The van der Waals surface area contributed by atoms with Crippen LogP contribution in [0.3, 0.4) is 0 Å². The topological polar surface area (TPSA) is 15.3 Å². The molecule has 96 valence electrons. The summed E-state index contributed by atoms with van der Waals surface area (Å²) in [4.78, 5) is 2.29. The van der Waals surface area contributed by atoms with E-state index in [1.807, 2.05) is 0 Å². The number of thiocarbonyl (C=S) groups is 1. The first-order valence-corrected chi connectivity index (χ1v) is 7.36. The monoisotopic (exact) mass is 260 g/mol. The molecule has 0 unspecified atom stereocenters. The first-order valence-electron chi connectivity index (χ1n) is 6.95. The molecule has 18 heavy (non-hydrogen) atoms. The minimum atomic E-state index is 0.606. The summed E-state index contributed by atoms with van der Waals surface area (Å²) in [6, 6.07) is 9.24. The number of benzene rings is 1. The highest BCUT2D eigenvalue weighted by Crippen LogP contribution is 2.23. The zero-order chi connectivity index (χ0) is 12.4. The van der Waals surface area contributed by atoms with Gasteiger partial charge in [0.25, 0.3) is 0 Å². The first kappa shape index (κ1) is 12.0. The molecule has 1 aliphatic carbocycles. The predicted octanol–water partition coefficient (Wildman–Crippen LogP) is 3.21. The fourth-order valence-corrected chi connectivity index (χ4v) is 3.29. The van der Waals surface area contributed by atoms with Gasteiger partial charge in [-0.05, 0) is 36.2 Å². The van der Waals surface area contributed by atoms with Crippen LogP contribution in [0.1, 0.15) is 43.2 Å². The van der Waals surface area contributed by atoms with Crippen molar-refractivity contribution >= 4 is 17.3 Å². The standard InChI is InChI=1S/C15H20N2S/c18-15(16-14-8-2-1-3-9-14)17-10-12-6-4-5-7-13(12)11-17/h4-7,14H,1-3,8-11H2,(H,16,18). The van der Waals surface area contributed by atoms with Crippen molar-refractivity contribution in [1.82, 2.24) is 10.2 Å². The van der Waals surface area contributed by atoms with E-state index in [0.717, 1.165) is 18.2 Å². The fraction of sp³-hybridized carbons (Fsp3) is 0.533. The molecule has 0 radical (unpaired) electrons. The molecule has 2 nitrogen and oxygen atoms in total. The lowest BCUT2D eigenvalue weighted by atomic mass is 9.96. The maximum absolute atomic E-state index is 5.56. The molecular formula is C15H20N2S. The molecule has 1 N–H and O–H groups in total. The van der Waals surface area contributed by atoms with Crippen molar-refractivity contribution in [3.05, 3.63) is 35.4 Å². The van der Waals surface area contributed by atoms with Gasteiger partial charge in [0, 0.05) is 19.1 Å². The Morgan fingerprint density at radius 2 is 1.67 bits per heavy atom. The molecule has 2 aliphatic rings. The van der Waals surface area contributed by atoms with E-state index < -0.39 is 0 Å². The maximum Gasteiger partial charge on any atom is 0.169 e. The SMILES string of the molecule is S=C(NC1CCCCC1)N1Cc2ccccc2C1. The Morgan fingerprint density at radius 1 is 1.06 bits per heavy atom. The molecule has 1 aromatic carbocycles. The van der Waals surface area contributed by atoms with E-state index in [2.05, 4.69) is 34.5 Å². The average molecular weight is 260 g/mol. The van der Waals surface area contributed by atoms with Crippen LogP contribution >= 0.6 is 12.2 Å². The van der Waals surface area contributed by atoms with Gasteiger partial charge in [-0.1, -0.05) is 43.5 Å². The zero-order valence-corrected chi connectivity index (χ0v) is 11.5. The second-order valence-corrected chi connectivity index (χ2v) is 5.80. The third-order valence-electron chi connectivity index (χ3n) is 4.06. The second-order valence-electron chi connectivity index (χ2n) is 5.41. The number of nitrogens with zero attached hydrogens (tertiary/aromatic N) is 1. The smallest absolute Gasteiger partial charge is 0.169 e. The fourth-order valence-electron chi connectivity index (χ4n) is 2.99. The molecule has 0 atom stereocenters. The Hall–Kier alpha value is -1.09. The molecule has 0 saturated heterocycles. The van der Waals surface area contributed by atoms with E-state index >= 15 is 0 Å². The largest absolute Gasteiger partial charge is 0.360 e. The van der Waals surface area contributed by atoms with Crippen LogP contribution in [0.4, 0.5) is 0 Å². The van der Waals surface area contributed by atoms with Gasteiger partial charge in [-0.25, -0.2) is 0 Å². The molecule has 0 bridgehead atoms. The van der Waals surface area contributed by atoms with Crippen LogP contribution < -0.4 is 5.32 Å². The maximum atomic E-state index is 5.56. The minimum absolute atomic E-state index is 0.606. The van der Waals surface area contributed by atoms with Crippen LogP contribution in [-0.4, -0.2) is 16.1 Å². The predicted molar refractivity (Wildman–Crippen MR) is 78.3 cm³/mol. The van der Waals surface area contributed by atoms with Crippen LogP contribution in [0.15, 0.2) is 24.3 Å². The summed E-state index contributed by atoms with van der Waals surface area (Å²) in [6.07, 6.45) is 6.64. The van der Waals surface area contributed by atoms with E-state index in [4.69, 9.17) is 12.2 Å². The van der Waals surface area contributed by atoms with Gasteiger partial charge in [-0.2, -0.15) is 0 Å². The highest BCUT2D eigenvalue weighted by Gasteiger charge is 2.22. The van der Waals surface area contributed by atoms with Crippen molar-refractivity contribution < 1.29 is 0 Å². The van der Waals surface area contributed by atoms with Gasteiger partial charge in [0.1, 0.15) is 0 Å². The number of hydrogen-bond donors (Lipinski definition) is 1. The number of rotatable bonds is 1. The summed E-state index contributed by atoms with van der Waals surface area (Å²) in [5.41, 5.74) is 2.84.